The van der Waals surface area contributed by atoms with Crippen molar-refractivity contribution in [2.24, 2.45) is 0 Å². The molecule has 0 saturated carbocycles. The molecule has 0 bridgehead atoms. The van der Waals surface area contributed by atoms with Crippen LogP contribution in [0.5, 0.6) is 0 Å². The maximum Gasteiger partial charge on any atom is 0.163 e. The number of carbonyl (C=O) groups excluding carboxylic acids is 1. The van der Waals surface area contributed by atoms with E-state index in [-0.39, 0.29) is 0 Å². The van der Waals surface area contributed by atoms with E-state index in [1.54, 1.807) is 0 Å². The van der Waals surface area contributed by atoms with E-state index in [0.717, 1.165) is 29.3 Å². The van der Waals surface area contributed by atoms with Crippen LogP contribution in [-0.2, 0) is 12.8 Å². The van der Waals surface area contributed by atoms with E-state index in [4.69, 9.17) is 0 Å². The summed E-state index contributed by atoms with van der Waals surface area (Å²) >= 11 is 3.64. The molecular weight excluding hydrogens is 264 g/mol. The first-order valence-electron chi connectivity index (χ1n) is 5.91. The van der Waals surface area contributed by atoms with Crippen LogP contribution < -0.4 is 0 Å². The van der Waals surface area contributed by atoms with Gasteiger partial charge in [-0.3, -0.25) is 4.79 Å². The second-order valence-electron chi connectivity index (χ2n) is 4.57. The number of Topliss-reactive ketones (excluding diaryl/α,β-unsaturated/α-hetero) is 1. The molecule has 0 aliphatic heterocycles. The summed E-state index contributed by atoms with van der Waals surface area (Å²) in [4.78, 5) is 12.0. The number of carbonyl (C=O) groups is 1. The molecule has 1 aliphatic rings. The van der Waals surface area contributed by atoms with Crippen LogP contribution >= 0.6 is 15.9 Å². The highest BCUT2D eigenvalue weighted by atomic mass is 79.9. The van der Waals surface area contributed by atoms with Gasteiger partial charge in [0.15, 0.2) is 5.78 Å². The molecule has 86 valence electrons. The van der Waals surface area contributed by atoms with Gasteiger partial charge in [0.2, 0.25) is 0 Å². The molecule has 0 N–H and O–H groups in total. The summed E-state index contributed by atoms with van der Waals surface area (Å²) in [6.45, 7) is 6.45. The Hall–Kier alpha value is -0.630. The fraction of sp³-hybridized carbons (Fsp3) is 0.500. The smallest absolute Gasteiger partial charge is 0.163 e. The zero-order chi connectivity index (χ0) is 11.9. The van der Waals surface area contributed by atoms with Crippen molar-refractivity contribution < 1.29 is 4.79 Å². The van der Waals surface area contributed by atoms with Crippen LogP contribution in [0.3, 0.4) is 0 Å². The molecule has 0 atom stereocenters. The first-order valence-corrected chi connectivity index (χ1v) is 6.70. The van der Waals surface area contributed by atoms with Crippen LogP contribution in [0.15, 0.2) is 4.47 Å². The van der Waals surface area contributed by atoms with Crippen LogP contribution in [0.4, 0.5) is 0 Å². The maximum absolute atomic E-state index is 12.0. The molecule has 0 heterocycles. The Bertz CT molecular complexity index is 461. The summed E-state index contributed by atoms with van der Waals surface area (Å²) in [6, 6.07) is 0. The van der Waals surface area contributed by atoms with Crippen LogP contribution in [0.2, 0.25) is 0 Å². The number of hydrogen-bond acceptors (Lipinski definition) is 1. The van der Waals surface area contributed by atoms with E-state index >= 15 is 0 Å². The highest BCUT2D eigenvalue weighted by molar-refractivity contribution is 9.10. The van der Waals surface area contributed by atoms with Crippen LogP contribution in [0, 0.1) is 13.8 Å². The lowest BCUT2D eigenvalue weighted by Gasteiger charge is -2.16. The maximum atomic E-state index is 12.0. The number of halogens is 1. The third-order valence-corrected chi connectivity index (χ3v) is 4.67. The third kappa shape index (κ3) is 1.64. The highest BCUT2D eigenvalue weighted by Gasteiger charge is 2.27. The number of hydrogen-bond donors (Lipinski definition) is 0. The van der Waals surface area contributed by atoms with Crippen LogP contribution in [0.1, 0.15) is 52.4 Å². The molecule has 0 saturated heterocycles. The van der Waals surface area contributed by atoms with Gasteiger partial charge >= 0.3 is 0 Å². The lowest BCUT2D eigenvalue weighted by atomic mass is 9.91. The van der Waals surface area contributed by atoms with Gasteiger partial charge in [0, 0.05) is 16.5 Å². The average Bonchev–Trinajstić information content (AvgIpc) is 2.64. The quantitative estimate of drug-likeness (QED) is 0.796. The van der Waals surface area contributed by atoms with Gasteiger partial charge in [-0.25, -0.2) is 0 Å². The standard InChI is InChI=1S/C14H17BrO/c1-4-5-10-8(2)9(3)14(15)11-6-7-12(16)13(10)11/h4-7H2,1-3H3. The van der Waals surface area contributed by atoms with Crippen molar-refractivity contribution in [2.45, 2.75) is 46.5 Å². The molecule has 0 aromatic heterocycles. The Kier molecular flexibility index (Phi) is 3.20. The molecule has 0 radical (unpaired) electrons. The normalized spacial score (nSPS) is 14.4. The summed E-state index contributed by atoms with van der Waals surface area (Å²) in [6.07, 6.45) is 3.72. The van der Waals surface area contributed by atoms with Gasteiger partial charge in [-0.05, 0) is 48.9 Å². The Labute approximate surface area is 105 Å². The summed E-state index contributed by atoms with van der Waals surface area (Å²) in [5, 5.41) is 0. The zero-order valence-corrected chi connectivity index (χ0v) is 11.7. The Morgan fingerprint density at radius 3 is 2.50 bits per heavy atom. The number of benzene rings is 1. The number of fused-ring (bicyclic) bond motifs is 1. The third-order valence-electron chi connectivity index (χ3n) is 3.59. The first kappa shape index (κ1) is 11.8. The molecule has 16 heavy (non-hydrogen) atoms. The van der Waals surface area contributed by atoms with Gasteiger partial charge in [-0.1, -0.05) is 29.3 Å². The van der Waals surface area contributed by atoms with Crippen molar-refractivity contribution in [1.29, 1.82) is 0 Å². The van der Waals surface area contributed by atoms with Gasteiger partial charge in [0.05, 0.1) is 0 Å². The van der Waals surface area contributed by atoms with Crippen LogP contribution in [0.25, 0.3) is 0 Å². The summed E-state index contributed by atoms with van der Waals surface area (Å²) in [5.74, 6) is 0.335. The first-order chi connectivity index (χ1) is 7.57. The topological polar surface area (TPSA) is 17.1 Å². The fourth-order valence-corrected chi connectivity index (χ4v) is 3.29. The predicted octanol–water partition coefficient (Wildman–Crippen LogP) is 4.15. The van der Waals surface area contributed by atoms with E-state index in [1.165, 1.54) is 22.3 Å². The lowest BCUT2D eigenvalue weighted by molar-refractivity contribution is 0.0993. The summed E-state index contributed by atoms with van der Waals surface area (Å²) < 4.78 is 1.16. The Balaban J connectivity index is 2.73. The van der Waals surface area contributed by atoms with Crippen molar-refractivity contribution in [3.05, 3.63) is 32.3 Å². The van der Waals surface area contributed by atoms with E-state index in [2.05, 4.69) is 36.7 Å². The van der Waals surface area contributed by atoms with Crippen molar-refractivity contribution in [2.75, 3.05) is 0 Å². The summed E-state index contributed by atoms with van der Waals surface area (Å²) in [5.41, 5.74) is 6.16. The average molecular weight is 281 g/mol. The molecule has 1 aliphatic carbocycles. The highest BCUT2D eigenvalue weighted by Crippen LogP contribution is 2.37. The molecule has 0 unspecified atom stereocenters. The van der Waals surface area contributed by atoms with Crippen LogP contribution in [-0.4, -0.2) is 5.78 Å². The van der Waals surface area contributed by atoms with E-state index < -0.39 is 0 Å². The minimum atomic E-state index is 0.335. The molecule has 1 aromatic carbocycles. The second-order valence-corrected chi connectivity index (χ2v) is 5.36. The van der Waals surface area contributed by atoms with Crippen molar-refractivity contribution in [1.82, 2.24) is 0 Å². The monoisotopic (exact) mass is 280 g/mol. The molecule has 1 nitrogen and oxygen atoms in total. The zero-order valence-electron chi connectivity index (χ0n) is 10.1. The van der Waals surface area contributed by atoms with Crippen molar-refractivity contribution >= 4 is 21.7 Å². The Morgan fingerprint density at radius 2 is 1.88 bits per heavy atom. The van der Waals surface area contributed by atoms with Gasteiger partial charge < -0.3 is 0 Å². The molecule has 0 spiro atoms. The van der Waals surface area contributed by atoms with E-state index in [0.29, 0.717) is 12.2 Å². The second kappa shape index (κ2) is 4.33. The molecule has 2 heteroatoms. The van der Waals surface area contributed by atoms with Gasteiger partial charge in [0.25, 0.3) is 0 Å². The van der Waals surface area contributed by atoms with E-state index in [9.17, 15) is 4.79 Å². The minimum absolute atomic E-state index is 0.335. The summed E-state index contributed by atoms with van der Waals surface area (Å²) in [7, 11) is 0. The van der Waals surface area contributed by atoms with Crippen molar-refractivity contribution in [3.8, 4) is 0 Å². The minimum Gasteiger partial charge on any atom is -0.294 e. The largest absolute Gasteiger partial charge is 0.294 e. The van der Waals surface area contributed by atoms with Gasteiger partial charge in [-0.2, -0.15) is 0 Å². The fourth-order valence-electron chi connectivity index (χ4n) is 2.59. The van der Waals surface area contributed by atoms with Crippen molar-refractivity contribution in [3.63, 3.8) is 0 Å². The van der Waals surface area contributed by atoms with Gasteiger partial charge in [-0.15, -0.1) is 0 Å². The predicted molar refractivity (Wildman–Crippen MR) is 70.3 cm³/mol. The molecule has 0 amide bonds. The SMILES string of the molecule is CCCc1c(C)c(C)c(Br)c2c1C(=O)CC2. The number of ketones is 1. The number of rotatable bonds is 2. The molecule has 2 rings (SSSR count). The molecular formula is C14H17BrO. The Morgan fingerprint density at radius 1 is 1.19 bits per heavy atom. The molecule has 1 aromatic rings. The van der Waals surface area contributed by atoms with E-state index in [1.807, 2.05) is 0 Å². The lowest BCUT2D eigenvalue weighted by Crippen LogP contribution is -2.05. The molecule has 0 fully saturated rings. The van der Waals surface area contributed by atoms with Gasteiger partial charge in [0.1, 0.15) is 0 Å².